The van der Waals surface area contributed by atoms with Crippen molar-refractivity contribution in [2.45, 2.75) is 0 Å². The number of hydrazone groups is 1. The van der Waals surface area contributed by atoms with Crippen LogP contribution in [0.4, 0.5) is 22.7 Å². The first-order valence-corrected chi connectivity index (χ1v) is 10.2. The average molecular weight is 421 g/mol. The Labute approximate surface area is 187 Å². The fourth-order valence-electron chi connectivity index (χ4n) is 3.23. The molecule has 6 heteroatoms. The molecule has 0 saturated carbocycles. The van der Waals surface area contributed by atoms with Gasteiger partial charge in [0.25, 0.3) is 0 Å². The molecule has 0 aliphatic rings. The second kappa shape index (κ2) is 9.95. The summed E-state index contributed by atoms with van der Waals surface area (Å²) in [6.45, 7) is 0. The van der Waals surface area contributed by atoms with Gasteiger partial charge in [-0.2, -0.15) is 5.01 Å². The highest BCUT2D eigenvalue weighted by molar-refractivity contribution is 6.07. The molecule has 0 saturated heterocycles. The number of rotatable bonds is 5. The van der Waals surface area contributed by atoms with Crippen LogP contribution in [-0.2, 0) is 0 Å². The highest BCUT2D eigenvalue weighted by Crippen LogP contribution is 2.25. The molecular weight excluding hydrogens is 396 g/mol. The number of nitrogens with zero attached hydrogens (tertiary/aromatic N) is 3. The maximum Gasteiger partial charge on any atom is 0.224 e. The first-order valence-electron chi connectivity index (χ1n) is 10.2. The van der Waals surface area contributed by atoms with E-state index in [4.69, 9.17) is 11.1 Å². The Morgan fingerprint density at radius 3 is 1.50 bits per heavy atom. The summed E-state index contributed by atoms with van der Waals surface area (Å²) in [6, 6.07) is 38.6. The number of benzene rings is 4. The highest BCUT2D eigenvalue weighted by atomic mass is 15.5. The van der Waals surface area contributed by atoms with Crippen LogP contribution < -0.4 is 21.0 Å². The second-order valence-corrected chi connectivity index (χ2v) is 6.95. The molecule has 6 nitrogen and oxygen atoms in total. The second-order valence-electron chi connectivity index (χ2n) is 6.95. The van der Waals surface area contributed by atoms with Gasteiger partial charge in [-0.25, -0.2) is 0 Å². The predicted molar refractivity (Wildman–Crippen MR) is 133 cm³/mol. The van der Waals surface area contributed by atoms with E-state index in [0.29, 0.717) is 5.69 Å². The first kappa shape index (κ1) is 20.7. The number of anilines is 4. The fourth-order valence-corrected chi connectivity index (χ4v) is 3.23. The SMILES string of the molecule is N=C(Nc1ccccc1)N(N=C(N)N(c1ccccc1)c1ccccc1)c1ccccc1. The fraction of sp³-hybridized carbons (Fsp3) is 0. The number of hydrogen-bond donors (Lipinski definition) is 3. The number of hydrogen-bond acceptors (Lipinski definition) is 2. The third kappa shape index (κ3) is 4.94. The van der Waals surface area contributed by atoms with E-state index < -0.39 is 0 Å². The Balaban J connectivity index is 1.74. The van der Waals surface area contributed by atoms with E-state index >= 15 is 0 Å². The summed E-state index contributed by atoms with van der Waals surface area (Å²) in [5, 5.41) is 17.9. The molecule has 0 aromatic heterocycles. The zero-order chi connectivity index (χ0) is 22.2. The summed E-state index contributed by atoms with van der Waals surface area (Å²) < 4.78 is 0. The molecule has 0 amide bonds. The van der Waals surface area contributed by atoms with Gasteiger partial charge < -0.3 is 11.1 Å². The van der Waals surface area contributed by atoms with Crippen LogP contribution in [0.2, 0.25) is 0 Å². The van der Waals surface area contributed by atoms with Crippen LogP contribution in [0.3, 0.4) is 0 Å². The van der Waals surface area contributed by atoms with Gasteiger partial charge in [0.1, 0.15) is 0 Å². The van der Waals surface area contributed by atoms with Gasteiger partial charge in [-0.1, -0.05) is 72.8 Å². The minimum Gasteiger partial charge on any atom is -0.368 e. The van der Waals surface area contributed by atoms with Gasteiger partial charge in [-0.15, -0.1) is 5.10 Å². The van der Waals surface area contributed by atoms with Crippen molar-refractivity contribution in [2.75, 3.05) is 15.2 Å². The summed E-state index contributed by atoms with van der Waals surface area (Å²) in [6.07, 6.45) is 0. The number of para-hydroxylation sites is 4. The molecule has 0 atom stereocenters. The quantitative estimate of drug-likeness (QED) is 0.223. The predicted octanol–water partition coefficient (Wildman–Crippen LogP) is 5.61. The van der Waals surface area contributed by atoms with Crippen molar-refractivity contribution in [1.82, 2.24) is 0 Å². The van der Waals surface area contributed by atoms with Gasteiger partial charge in [0.05, 0.1) is 5.69 Å². The third-order valence-corrected chi connectivity index (χ3v) is 4.71. The molecule has 0 bridgehead atoms. The largest absolute Gasteiger partial charge is 0.368 e. The van der Waals surface area contributed by atoms with Gasteiger partial charge in [-0.3, -0.25) is 10.3 Å². The van der Waals surface area contributed by atoms with Gasteiger partial charge >= 0.3 is 0 Å². The van der Waals surface area contributed by atoms with Crippen molar-refractivity contribution < 1.29 is 0 Å². The molecule has 0 spiro atoms. The summed E-state index contributed by atoms with van der Waals surface area (Å²) in [4.78, 5) is 1.85. The molecule has 32 heavy (non-hydrogen) atoms. The van der Waals surface area contributed by atoms with Crippen molar-refractivity contribution >= 4 is 34.7 Å². The molecule has 158 valence electrons. The van der Waals surface area contributed by atoms with Crippen LogP contribution in [0.15, 0.2) is 126 Å². The van der Waals surface area contributed by atoms with Gasteiger partial charge in [0.15, 0.2) is 0 Å². The summed E-state index contributed by atoms with van der Waals surface area (Å²) in [7, 11) is 0. The molecule has 0 fully saturated rings. The molecule has 0 radical (unpaired) electrons. The Morgan fingerprint density at radius 2 is 1.03 bits per heavy atom. The van der Waals surface area contributed by atoms with E-state index in [2.05, 4.69) is 10.4 Å². The maximum absolute atomic E-state index is 8.70. The van der Waals surface area contributed by atoms with E-state index in [0.717, 1.165) is 17.1 Å². The minimum atomic E-state index is 0.0754. The van der Waals surface area contributed by atoms with Crippen molar-refractivity contribution in [3.8, 4) is 0 Å². The van der Waals surface area contributed by atoms with Crippen molar-refractivity contribution in [1.29, 1.82) is 5.41 Å². The van der Waals surface area contributed by atoms with E-state index in [-0.39, 0.29) is 11.9 Å². The van der Waals surface area contributed by atoms with Crippen molar-refractivity contribution in [2.24, 2.45) is 10.8 Å². The Hall–Kier alpha value is -4.58. The third-order valence-electron chi connectivity index (χ3n) is 4.71. The Bertz CT molecular complexity index is 1120. The lowest BCUT2D eigenvalue weighted by atomic mass is 10.2. The van der Waals surface area contributed by atoms with Crippen LogP contribution in [-0.4, -0.2) is 11.9 Å². The smallest absolute Gasteiger partial charge is 0.224 e. The molecule has 0 unspecified atom stereocenters. The van der Waals surface area contributed by atoms with Crippen LogP contribution in [0, 0.1) is 5.41 Å². The van der Waals surface area contributed by atoms with E-state index in [9.17, 15) is 0 Å². The lowest BCUT2D eigenvalue weighted by Gasteiger charge is -2.27. The molecular formula is C26H24N6. The van der Waals surface area contributed by atoms with E-state index in [1.54, 1.807) is 0 Å². The molecule has 0 aliphatic carbocycles. The normalized spacial score (nSPS) is 10.9. The molecule has 4 aromatic carbocycles. The summed E-state index contributed by atoms with van der Waals surface area (Å²) >= 11 is 0. The van der Waals surface area contributed by atoms with Crippen molar-refractivity contribution in [3.63, 3.8) is 0 Å². The van der Waals surface area contributed by atoms with Crippen LogP contribution in [0.5, 0.6) is 0 Å². The summed E-state index contributed by atoms with van der Waals surface area (Å²) in [5.74, 6) is 0.303. The zero-order valence-corrected chi connectivity index (χ0v) is 17.5. The molecule has 4 rings (SSSR count). The first-order chi connectivity index (χ1) is 15.7. The van der Waals surface area contributed by atoms with Gasteiger partial charge in [0, 0.05) is 17.1 Å². The van der Waals surface area contributed by atoms with Crippen LogP contribution in [0.25, 0.3) is 0 Å². The molecule has 4 aromatic rings. The highest BCUT2D eigenvalue weighted by Gasteiger charge is 2.18. The maximum atomic E-state index is 8.70. The topological polar surface area (TPSA) is 80.7 Å². The Kier molecular flexibility index (Phi) is 6.43. The lowest BCUT2D eigenvalue weighted by molar-refractivity contribution is 1.07. The van der Waals surface area contributed by atoms with E-state index in [1.165, 1.54) is 5.01 Å². The van der Waals surface area contributed by atoms with Gasteiger partial charge in [-0.05, 0) is 48.5 Å². The molecule has 0 aliphatic heterocycles. The number of nitrogens with two attached hydrogens (primary N) is 1. The van der Waals surface area contributed by atoms with Crippen LogP contribution >= 0.6 is 0 Å². The number of guanidine groups is 2. The summed E-state index contributed by atoms with van der Waals surface area (Å²) in [5.41, 5.74) is 9.80. The monoisotopic (exact) mass is 420 g/mol. The molecule has 0 heterocycles. The Morgan fingerprint density at radius 1 is 0.625 bits per heavy atom. The lowest BCUT2D eigenvalue weighted by Crippen LogP contribution is -2.39. The average Bonchev–Trinajstić information content (AvgIpc) is 2.85. The zero-order valence-electron chi connectivity index (χ0n) is 17.5. The standard InChI is InChI=1S/C26H24N6/c27-25(29-21-13-5-1-6-14-21)32(24-19-11-4-12-20-24)30-26(28)31(22-15-7-2-8-16-22)23-17-9-3-10-18-23/h1-20H,(H2,27,29)(H2,28,30). The van der Waals surface area contributed by atoms with Gasteiger partial charge in [0.2, 0.25) is 11.9 Å². The van der Waals surface area contributed by atoms with E-state index in [1.807, 2.05) is 126 Å². The number of nitrogens with one attached hydrogen (secondary N) is 2. The van der Waals surface area contributed by atoms with Crippen molar-refractivity contribution in [3.05, 3.63) is 121 Å². The minimum absolute atomic E-state index is 0.0754. The van der Waals surface area contributed by atoms with Crippen LogP contribution in [0.1, 0.15) is 0 Å². The molecule has 4 N–H and O–H groups in total.